The average molecular weight is 446 g/mol. The van der Waals surface area contributed by atoms with Crippen LogP contribution in [0.5, 0.6) is 0 Å². The van der Waals surface area contributed by atoms with Crippen molar-refractivity contribution in [1.29, 1.82) is 0 Å². The molecule has 0 saturated carbocycles. The Labute approximate surface area is 186 Å². The molecule has 0 radical (unpaired) electrons. The van der Waals surface area contributed by atoms with Gasteiger partial charge in [0, 0.05) is 37.1 Å². The van der Waals surface area contributed by atoms with E-state index in [9.17, 15) is 9.59 Å². The van der Waals surface area contributed by atoms with E-state index in [0.29, 0.717) is 18.8 Å². The van der Waals surface area contributed by atoms with Gasteiger partial charge in [-0.05, 0) is 42.8 Å². The summed E-state index contributed by atoms with van der Waals surface area (Å²) in [4.78, 5) is 31.8. The minimum absolute atomic E-state index is 0.0995. The number of rotatable bonds is 4. The molecule has 7 nitrogen and oxygen atoms in total. The minimum Gasteiger partial charge on any atom is -0.306 e. The molecule has 0 spiro atoms. The van der Waals surface area contributed by atoms with Gasteiger partial charge in [0.1, 0.15) is 5.66 Å². The summed E-state index contributed by atoms with van der Waals surface area (Å²) in [6.45, 7) is 1.10. The van der Waals surface area contributed by atoms with Crippen LogP contribution < -0.4 is 14.2 Å². The Hall–Kier alpha value is -3.44. The summed E-state index contributed by atoms with van der Waals surface area (Å²) in [5, 5.41) is 0. The van der Waals surface area contributed by atoms with Crippen molar-refractivity contribution in [3.8, 4) is 0 Å². The normalized spacial score (nSPS) is 20.6. The highest BCUT2D eigenvalue weighted by Crippen LogP contribution is 2.64. The molecule has 8 heteroatoms. The summed E-state index contributed by atoms with van der Waals surface area (Å²) in [5.41, 5.74) is 1.02. The molecule has 2 aliphatic rings. The molecule has 1 aromatic heterocycles. The molecule has 0 N–H and O–H groups in total. The van der Waals surface area contributed by atoms with Crippen molar-refractivity contribution >= 4 is 36.3 Å². The van der Waals surface area contributed by atoms with Crippen LogP contribution in [0.4, 0.5) is 17.1 Å². The number of carbonyl (C=O) groups is 2. The van der Waals surface area contributed by atoms with E-state index in [0.717, 1.165) is 22.7 Å². The van der Waals surface area contributed by atoms with Crippen molar-refractivity contribution in [2.45, 2.75) is 18.5 Å². The summed E-state index contributed by atoms with van der Waals surface area (Å²) in [7, 11) is -3.54. The van der Waals surface area contributed by atoms with Crippen LogP contribution >= 0.6 is 7.44 Å². The van der Waals surface area contributed by atoms with Crippen LogP contribution in [0.2, 0.25) is 0 Å². The molecule has 2 aliphatic heterocycles. The first-order valence-corrected chi connectivity index (χ1v) is 12.3. The molecule has 5 rings (SSSR count). The molecule has 1 atom stereocenters. The van der Waals surface area contributed by atoms with Crippen molar-refractivity contribution in [2.24, 2.45) is 0 Å². The third-order valence-corrected chi connectivity index (χ3v) is 9.43. The lowest BCUT2D eigenvalue weighted by molar-refractivity contribution is -0.121. The van der Waals surface area contributed by atoms with Gasteiger partial charge < -0.3 is 9.34 Å². The fourth-order valence-electron chi connectivity index (χ4n) is 4.55. The van der Waals surface area contributed by atoms with E-state index in [4.69, 9.17) is 0 Å². The number of nitrogens with zero attached hydrogens (tertiary/aromatic N) is 4. The van der Waals surface area contributed by atoms with Crippen LogP contribution in [-0.2, 0) is 14.2 Å². The summed E-state index contributed by atoms with van der Waals surface area (Å²) in [5.74, 6) is -0.787. The summed E-state index contributed by atoms with van der Waals surface area (Å²) in [6.07, 6.45) is 3.76. The van der Waals surface area contributed by atoms with Gasteiger partial charge in [0.25, 0.3) is 7.44 Å². The summed E-state index contributed by atoms with van der Waals surface area (Å²) in [6, 6.07) is 22.4. The molecule has 3 heterocycles. The molecule has 0 bridgehead atoms. The first-order valence-electron chi connectivity index (χ1n) is 10.6. The van der Waals surface area contributed by atoms with Crippen molar-refractivity contribution in [3.63, 3.8) is 0 Å². The van der Waals surface area contributed by atoms with Gasteiger partial charge in [0.05, 0.1) is 11.9 Å². The van der Waals surface area contributed by atoms with Gasteiger partial charge in [0.15, 0.2) is 0 Å². The Kier molecular flexibility index (Phi) is 5.27. The zero-order chi connectivity index (χ0) is 22.1. The second-order valence-electron chi connectivity index (χ2n) is 7.86. The molecular weight excluding hydrogens is 423 g/mol. The lowest BCUT2D eigenvalue weighted by atomic mass is 10.3. The molecule has 32 heavy (non-hydrogen) atoms. The first-order chi connectivity index (χ1) is 15.6. The van der Waals surface area contributed by atoms with Crippen molar-refractivity contribution in [1.82, 2.24) is 4.98 Å². The molecule has 0 aliphatic carbocycles. The molecular formula is C24H23N4O3P. The highest BCUT2D eigenvalue weighted by molar-refractivity contribution is 7.69. The van der Waals surface area contributed by atoms with E-state index in [2.05, 4.69) is 4.98 Å². The number of hydrogen-bond acceptors (Lipinski definition) is 4. The molecule has 2 saturated heterocycles. The van der Waals surface area contributed by atoms with E-state index >= 15 is 4.57 Å². The van der Waals surface area contributed by atoms with Crippen molar-refractivity contribution < 1.29 is 14.2 Å². The van der Waals surface area contributed by atoms with Crippen LogP contribution in [0.1, 0.15) is 12.8 Å². The van der Waals surface area contributed by atoms with Gasteiger partial charge in [-0.2, -0.15) is 0 Å². The number of para-hydroxylation sites is 2. The smallest absolute Gasteiger partial charge is 0.275 e. The van der Waals surface area contributed by atoms with E-state index < -0.39 is 19.0 Å². The van der Waals surface area contributed by atoms with E-state index in [-0.39, 0.29) is 12.3 Å². The average Bonchev–Trinajstić information content (AvgIpc) is 3.15. The Balaban J connectivity index is 1.63. The highest BCUT2D eigenvalue weighted by atomic mass is 31.2. The van der Waals surface area contributed by atoms with Crippen LogP contribution in [0, 0.1) is 0 Å². The maximum atomic E-state index is 15.1. The molecule has 1 unspecified atom stereocenters. The van der Waals surface area contributed by atoms with Crippen molar-refractivity contribution in [3.05, 3.63) is 85.2 Å². The van der Waals surface area contributed by atoms with E-state index in [1.165, 1.54) is 6.20 Å². The van der Waals surface area contributed by atoms with Crippen LogP contribution in [0.3, 0.4) is 0 Å². The molecule has 2 amide bonds. The number of hydrogen-bond donors (Lipinski definition) is 0. The van der Waals surface area contributed by atoms with Gasteiger partial charge >= 0.3 is 0 Å². The second kappa shape index (κ2) is 8.24. The van der Waals surface area contributed by atoms with Crippen LogP contribution in [0.15, 0.2) is 85.2 Å². The lowest BCUT2D eigenvalue weighted by Crippen LogP contribution is -2.46. The molecule has 2 aromatic carbocycles. The van der Waals surface area contributed by atoms with Gasteiger partial charge in [-0.1, -0.05) is 36.4 Å². The minimum atomic E-state index is -3.54. The standard InChI is InChI=1S/C24H23N4O3P/c29-23-17-22(24(30)28(23)21-13-7-14-25-18-21)32(31)26(19-9-3-1-4-10-19)15-8-16-27(32)20-11-5-2-6-12-20/h1-7,9-14,18,22H,8,15-17H2. The predicted octanol–water partition coefficient (Wildman–Crippen LogP) is 4.32. The lowest BCUT2D eigenvalue weighted by Gasteiger charge is -2.47. The number of imide groups is 1. The second-order valence-corrected chi connectivity index (χ2v) is 10.6. The topological polar surface area (TPSA) is 73.8 Å². The maximum Gasteiger partial charge on any atom is 0.275 e. The number of anilines is 3. The molecule has 3 aromatic rings. The first kappa shape index (κ1) is 20.5. The number of aromatic nitrogens is 1. The quantitative estimate of drug-likeness (QED) is 0.439. The monoisotopic (exact) mass is 446 g/mol. The third-order valence-electron chi connectivity index (χ3n) is 5.97. The zero-order valence-electron chi connectivity index (χ0n) is 17.4. The van der Waals surface area contributed by atoms with Gasteiger partial charge in [-0.3, -0.25) is 19.1 Å². The predicted molar refractivity (Wildman–Crippen MR) is 125 cm³/mol. The Morgan fingerprint density at radius 1 is 0.781 bits per heavy atom. The van der Waals surface area contributed by atoms with E-state index in [1.54, 1.807) is 18.3 Å². The SMILES string of the molecule is O=C1CC(P2(=O)N(c3ccccc3)CCCN2c2ccccc2)C(=O)N1c1cccnc1. The molecule has 2 fully saturated rings. The zero-order valence-corrected chi connectivity index (χ0v) is 18.3. The number of carbonyl (C=O) groups excluding carboxylic acids is 2. The summed E-state index contributed by atoms with van der Waals surface area (Å²) < 4.78 is 18.8. The van der Waals surface area contributed by atoms with Crippen LogP contribution in [0.25, 0.3) is 0 Å². The van der Waals surface area contributed by atoms with Gasteiger partial charge in [0.2, 0.25) is 11.8 Å². The fourth-order valence-corrected chi connectivity index (χ4v) is 8.06. The number of amides is 2. The summed E-state index contributed by atoms with van der Waals surface area (Å²) >= 11 is 0. The van der Waals surface area contributed by atoms with Crippen molar-refractivity contribution in [2.75, 3.05) is 27.3 Å². The molecule has 162 valence electrons. The fraction of sp³-hybridized carbons (Fsp3) is 0.208. The number of benzene rings is 2. The van der Waals surface area contributed by atoms with E-state index in [1.807, 2.05) is 70.0 Å². The van der Waals surface area contributed by atoms with Gasteiger partial charge in [-0.25, -0.2) is 4.90 Å². The number of pyridine rings is 1. The van der Waals surface area contributed by atoms with Gasteiger partial charge in [-0.15, -0.1) is 0 Å². The maximum absolute atomic E-state index is 15.1. The Bertz CT molecular complexity index is 1120. The largest absolute Gasteiger partial charge is 0.306 e. The Morgan fingerprint density at radius 2 is 1.34 bits per heavy atom. The Morgan fingerprint density at radius 3 is 1.88 bits per heavy atom. The highest BCUT2D eigenvalue weighted by Gasteiger charge is 2.56. The third kappa shape index (κ3) is 3.30. The van der Waals surface area contributed by atoms with Crippen LogP contribution in [-0.4, -0.2) is 35.5 Å².